The molecule has 0 aliphatic rings. The van der Waals surface area contributed by atoms with E-state index in [9.17, 15) is 13.6 Å². The van der Waals surface area contributed by atoms with E-state index in [-0.39, 0.29) is 12.4 Å². The number of aromatic nitrogens is 2. The average molecular weight is 204 g/mol. The first-order chi connectivity index (χ1) is 6.58. The predicted octanol–water partition coefficient (Wildman–Crippen LogP) is -0.153. The fourth-order valence-electron chi connectivity index (χ4n) is 0.859. The summed E-state index contributed by atoms with van der Waals surface area (Å²) in [7, 11) is 0. The van der Waals surface area contributed by atoms with Crippen LogP contribution < -0.4 is 11.1 Å². The summed E-state index contributed by atoms with van der Waals surface area (Å²) in [5.74, 6) is -0.236. The third-order valence-electron chi connectivity index (χ3n) is 1.42. The summed E-state index contributed by atoms with van der Waals surface area (Å²) in [5.41, 5.74) is 5.29. The normalized spacial score (nSPS) is 10.5. The molecule has 1 rings (SSSR count). The SMILES string of the molecule is Nc1ccn(CC(=O)NCC(F)F)n1. The minimum absolute atomic E-state index is 0.107. The minimum Gasteiger partial charge on any atom is -0.382 e. The van der Waals surface area contributed by atoms with Gasteiger partial charge in [0, 0.05) is 6.20 Å². The Bertz CT molecular complexity index is 312. The van der Waals surface area contributed by atoms with E-state index < -0.39 is 18.9 Å². The zero-order chi connectivity index (χ0) is 10.6. The van der Waals surface area contributed by atoms with Crippen LogP contribution in [0.5, 0.6) is 0 Å². The third kappa shape index (κ3) is 3.38. The number of nitrogens with zero attached hydrogens (tertiary/aromatic N) is 2. The molecule has 0 spiro atoms. The minimum atomic E-state index is -2.54. The molecule has 0 aromatic carbocycles. The Labute approximate surface area is 78.9 Å². The molecule has 14 heavy (non-hydrogen) atoms. The highest BCUT2D eigenvalue weighted by atomic mass is 19.3. The summed E-state index contributed by atoms with van der Waals surface area (Å²) in [6, 6.07) is 1.51. The molecule has 0 bridgehead atoms. The number of halogens is 2. The molecule has 3 N–H and O–H groups in total. The summed E-state index contributed by atoms with van der Waals surface area (Å²) >= 11 is 0. The number of alkyl halides is 2. The van der Waals surface area contributed by atoms with Crippen LogP contribution in [0.25, 0.3) is 0 Å². The standard InChI is InChI=1S/C7H10F2N4O/c8-5(9)3-11-7(14)4-13-2-1-6(10)12-13/h1-2,5H,3-4H2,(H2,10,12)(H,11,14). The maximum Gasteiger partial charge on any atom is 0.255 e. The molecule has 0 saturated heterocycles. The van der Waals surface area contributed by atoms with E-state index in [1.807, 2.05) is 5.32 Å². The molecular formula is C7H10F2N4O. The second kappa shape index (κ2) is 4.54. The topological polar surface area (TPSA) is 72.9 Å². The molecular weight excluding hydrogens is 194 g/mol. The summed E-state index contributed by atoms with van der Waals surface area (Å²) in [5, 5.41) is 5.77. The third-order valence-corrected chi connectivity index (χ3v) is 1.42. The van der Waals surface area contributed by atoms with Gasteiger partial charge in [-0.15, -0.1) is 0 Å². The van der Waals surface area contributed by atoms with Crippen molar-refractivity contribution < 1.29 is 13.6 Å². The van der Waals surface area contributed by atoms with E-state index in [1.54, 1.807) is 0 Å². The molecule has 0 saturated carbocycles. The molecule has 0 aliphatic heterocycles. The zero-order valence-electron chi connectivity index (χ0n) is 7.28. The Morgan fingerprint density at radius 2 is 2.43 bits per heavy atom. The van der Waals surface area contributed by atoms with Gasteiger partial charge in [0.25, 0.3) is 6.43 Å². The van der Waals surface area contributed by atoms with Gasteiger partial charge in [-0.3, -0.25) is 9.48 Å². The monoisotopic (exact) mass is 204 g/mol. The second-order valence-electron chi connectivity index (χ2n) is 2.63. The van der Waals surface area contributed by atoms with Crippen LogP contribution in [0, 0.1) is 0 Å². The van der Waals surface area contributed by atoms with Crippen LogP contribution in [0.2, 0.25) is 0 Å². The first-order valence-electron chi connectivity index (χ1n) is 3.91. The van der Waals surface area contributed by atoms with Crippen LogP contribution in [0.3, 0.4) is 0 Å². The highest BCUT2D eigenvalue weighted by molar-refractivity contribution is 5.75. The molecule has 0 atom stereocenters. The second-order valence-corrected chi connectivity index (χ2v) is 2.63. The van der Waals surface area contributed by atoms with Gasteiger partial charge >= 0.3 is 0 Å². The van der Waals surface area contributed by atoms with E-state index in [4.69, 9.17) is 5.73 Å². The fraction of sp³-hybridized carbons (Fsp3) is 0.429. The maximum atomic E-state index is 11.7. The Morgan fingerprint density at radius 3 is 2.93 bits per heavy atom. The first-order valence-corrected chi connectivity index (χ1v) is 3.91. The number of nitrogens with one attached hydrogen (secondary N) is 1. The molecule has 5 nitrogen and oxygen atoms in total. The van der Waals surface area contributed by atoms with Crippen LogP contribution >= 0.6 is 0 Å². The van der Waals surface area contributed by atoms with Crippen molar-refractivity contribution in [3.8, 4) is 0 Å². The zero-order valence-corrected chi connectivity index (χ0v) is 7.28. The van der Waals surface area contributed by atoms with Gasteiger partial charge in [-0.2, -0.15) is 5.10 Å². The number of amides is 1. The van der Waals surface area contributed by atoms with Crippen LogP contribution in [-0.2, 0) is 11.3 Å². The number of rotatable bonds is 4. The Morgan fingerprint density at radius 1 is 1.71 bits per heavy atom. The average Bonchev–Trinajstić information content (AvgIpc) is 2.48. The van der Waals surface area contributed by atoms with Crippen molar-refractivity contribution in [3.05, 3.63) is 12.3 Å². The van der Waals surface area contributed by atoms with Gasteiger partial charge in [-0.25, -0.2) is 8.78 Å². The van der Waals surface area contributed by atoms with Gasteiger partial charge in [0.15, 0.2) is 0 Å². The van der Waals surface area contributed by atoms with E-state index >= 15 is 0 Å². The van der Waals surface area contributed by atoms with E-state index in [2.05, 4.69) is 5.10 Å². The van der Waals surface area contributed by atoms with E-state index in [0.717, 1.165) is 0 Å². The fourth-order valence-corrected chi connectivity index (χ4v) is 0.859. The number of hydrogen-bond donors (Lipinski definition) is 2. The highest BCUT2D eigenvalue weighted by Crippen LogP contribution is 1.95. The quantitative estimate of drug-likeness (QED) is 0.716. The molecule has 7 heteroatoms. The summed E-state index contributed by atoms with van der Waals surface area (Å²) in [4.78, 5) is 11.0. The Balaban J connectivity index is 2.34. The first kappa shape index (κ1) is 10.4. The molecule has 78 valence electrons. The van der Waals surface area contributed by atoms with Crippen molar-refractivity contribution in [2.45, 2.75) is 13.0 Å². The summed E-state index contributed by atoms with van der Waals surface area (Å²) in [6.07, 6.45) is -1.04. The summed E-state index contributed by atoms with van der Waals surface area (Å²) in [6.45, 7) is -0.750. The van der Waals surface area contributed by atoms with Gasteiger partial charge in [-0.1, -0.05) is 0 Å². The molecule has 0 unspecified atom stereocenters. The lowest BCUT2D eigenvalue weighted by molar-refractivity contribution is -0.122. The van der Waals surface area contributed by atoms with Crippen LogP contribution in [0.15, 0.2) is 12.3 Å². The van der Waals surface area contributed by atoms with Gasteiger partial charge in [0.2, 0.25) is 5.91 Å². The van der Waals surface area contributed by atoms with Crippen molar-refractivity contribution >= 4 is 11.7 Å². The van der Waals surface area contributed by atoms with Crippen molar-refractivity contribution in [2.75, 3.05) is 12.3 Å². The van der Waals surface area contributed by atoms with Gasteiger partial charge in [-0.05, 0) is 6.07 Å². The van der Waals surface area contributed by atoms with Crippen molar-refractivity contribution in [3.63, 3.8) is 0 Å². The number of anilines is 1. The Hall–Kier alpha value is -1.66. The van der Waals surface area contributed by atoms with Gasteiger partial charge in [0.1, 0.15) is 12.4 Å². The number of carbonyl (C=O) groups is 1. The molecule has 0 aliphatic carbocycles. The van der Waals surface area contributed by atoms with Crippen molar-refractivity contribution in [1.82, 2.24) is 15.1 Å². The largest absolute Gasteiger partial charge is 0.382 e. The van der Waals surface area contributed by atoms with E-state index in [0.29, 0.717) is 0 Å². The molecule has 1 amide bonds. The van der Waals surface area contributed by atoms with Gasteiger partial charge in [0.05, 0.1) is 6.54 Å². The summed E-state index contributed by atoms with van der Waals surface area (Å²) < 4.78 is 24.6. The highest BCUT2D eigenvalue weighted by Gasteiger charge is 2.07. The van der Waals surface area contributed by atoms with Crippen LogP contribution in [0.1, 0.15) is 0 Å². The molecule has 1 heterocycles. The number of hydrogen-bond acceptors (Lipinski definition) is 3. The van der Waals surface area contributed by atoms with Crippen LogP contribution in [0.4, 0.5) is 14.6 Å². The smallest absolute Gasteiger partial charge is 0.255 e. The van der Waals surface area contributed by atoms with Crippen molar-refractivity contribution in [2.24, 2.45) is 0 Å². The van der Waals surface area contributed by atoms with E-state index in [1.165, 1.54) is 16.9 Å². The van der Waals surface area contributed by atoms with Crippen LogP contribution in [-0.4, -0.2) is 28.7 Å². The number of nitrogens with two attached hydrogens (primary N) is 1. The number of nitrogen functional groups attached to an aromatic ring is 1. The number of carbonyl (C=O) groups excluding carboxylic acids is 1. The lowest BCUT2D eigenvalue weighted by Crippen LogP contribution is -2.31. The predicted molar refractivity (Wildman–Crippen MR) is 45.7 cm³/mol. The molecule has 0 radical (unpaired) electrons. The lowest BCUT2D eigenvalue weighted by Gasteiger charge is -2.03. The maximum absolute atomic E-state index is 11.7. The van der Waals surface area contributed by atoms with Gasteiger partial charge < -0.3 is 11.1 Å². The molecule has 1 aromatic heterocycles. The molecule has 0 fully saturated rings. The molecule has 1 aromatic rings. The lowest BCUT2D eigenvalue weighted by atomic mass is 10.5. The Kier molecular flexibility index (Phi) is 3.38. The van der Waals surface area contributed by atoms with Crippen molar-refractivity contribution in [1.29, 1.82) is 0 Å².